The maximum atomic E-state index is 12.6. The second-order valence-corrected chi connectivity index (χ2v) is 6.15. The summed E-state index contributed by atoms with van der Waals surface area (Å²) in [6, 6.07) is 10.9. The van der Waals surface area contributed by atoms with Crippen LogP contribution >= 0.6 is 0 Å². The summed E-state index contributed by atoms with van der Waals surface area (Å²) in [5, 5.41) is 0. The van der Waals surface area contributed by atoms with Gasteiger partial charge in [0.05, 0.1) is 6.20 Å². The SMILES string of the molecule is CCC1CN(C(=O)c2cnc(C)[nH]2)CCN1Cc1ccccc1. The quantitative estimate of drug-likeness (QED) is 0.943. The third-order valence-corrected chi connectivity index (χ3v) is 4.52. The number of piperazine rings is 1. The molecule has 3 rings (SSSR count). The van der Waals surface area contributed by atoms with Crippen LogP contribution in [0.3, 0.4) is 0 Å². The average molecular weight is 312 g/mol. The molecule has 5 nitrogen and oxygen atoms in total. The zero-order chi connectivity index (χ0) is 16.2. The normalized spacial score (nSPS) is 19.0. The van der Waals surface area contributed by atoms with Crippen LogP contribution in [0.4, 0.5) is 0 Å². The van der Waals surface area contributed by atoms with Gasteiger partial charge in [0.25, 0.3) is 5.91 Å². The van der Waals surface area contributed by atoms with Crippen LogP contribution < -0.4 is 0 Å². The van der Waals surface area contributed by atoms with Gasteiger partial charge in [-0.3, -0.25) is 9.69 Å². The van der Waals surface area contributed by atoms with Crippen molar-refractivity contribution in [1.82, 2.24) is 19.8 Å². The maximum Gasteiger partial charge on any atom is 0.272 e. The summed E-state index contributed by atoms with van der Waals surface area (Å²) in [7, 11) is 0. The lowest BCUT2D eigenvalue weighted by Gasteiger charge is -2.41. The summed E-state index contributed by atoms with van der Waals surface area (Å²) in [4.78, 5) is 24.2. The standard InChI is InChI=1S/C18H24N4O/c1-3-16-13-22(18(23)17-11-19-14(2)20-17)10-9-21(16)12-15-7-5-4-6-8-15/h4-8,11,16H,3,9-10,12-13H2,1-2H3,(H,19,20). The second-order valence-electron chi connectivity index (χ2n) is 6.15. The van der Waals surface area contributed by atoms with Gasteiger partial charge in [0.1, 0.15) is 11.5 Å². The highest BCUT2D eigenvalue weighted by Crippen LogP contribution is 2.18. The number of H-pyrrole nitrogens is 1. The Labute approximate surface area is 137 Å². The minimum absolute atomic E-state index is 0.0587. The van der Waals surface area contributed by atoms with Crippen LogP contribution in [0.2, 0.25) is 0 Å². The van der Waals surface area contributed by atoms with Gasteiger partial charge in [-0.1, -0.05) is 37.3 Å². The smallest absolute Gasteiger partial charge is 0.272 e. The highest BCUT2D eigenvalue weighted by molar-refractivity contribution is 5.92. The molecule has 1 aliphatic heterocycles. The van der Waals surface area contributed by atoms with E-state index in [0.29, 0.717) is 11.7 Å². The summed E-state index contributed by atoms with van der Waals surface area (Å²) in [5.41, 5.74) is 1.92. The van der Waals surface area contributed by atoms with Gasteiger partial charge in [0, 0.05) is 32.2 Å². The number of carbonyl (C=O) groups is 1. The molecule has 0 spiro atoms. The lowest BCUT2D eigenvalue weighted by molar-refractivity contribution is 0.0446. The van der Waals surface area contributed by atoms with E-state index < -0.39 is 0 Å². The van der Waals surface area contributed by atoms with Gasteiger partial charge in [-0.25, -0.2) is 4.98 Å². The van der Waals surface area contributed by atoms with Crippen LogP contribution in [0.25, 0.3) is 0 Å². The molecule has 1 fully saturated rings. The van der Waals surface area contributed by atoms with Crippen LogP contribution in [0.1, 0.15) is 35.2 Å². The van der Waals surface area contributed by atoms with Gasteiger partial charge in [-0.15, -0.1) is 0 Å². The number of nitrogens with zero attached hydrogens (tertiary/aromatic N) is 3. The van der Waals surface area contributed by atoms with E-state index in [1.807, 2.05) is 17.9 Å². The molecule has 5 heteroatoms. The number of aryl methyl sites for hydroxylation is 1. The van der Waals surface area contributed by atoms with Crippen molar-refractivity contribution < 1.29 is 4.79 Å². The monoisotopic (exact) mass is 312 g/mol. The van der Waals surface area contributed by atoms with Gasteiger partial charge in [0.2, 0.25) is 0 Å². The average Bonchev–Trinajstić information content (AvgIpc) is 3.02. The number of rotatable bonds is 4. The van der Waals surface area contributed by atoms with Crippen LogP contribution in [0.5, 0.6) is 0 Å². The molecule has 2 heterocycles. The Balaban J connectivity index is 1.65. The number of nitrogens with one attached hydrogen (secondary N) is 1. The number of imidazole rings is 1. The molecule has 0 bridgehead atoms. The Kier molecular flexibility index (Phi) is 4.76. The topological polar surface area (TPSA) is 52.2 Å². The van der Waals surface area contributed by atoms with Crippen molar-refractivity contribution in [2.24, 2.45) is 0 Å². The number of amides is 1. The highest BCUT2D eigenvalue weighted by atomic mass is 16.2. The van der Waals surface area contributed by atoms with E-state index >= 15 is 0 Å². The summed E-state index contributed by atoms with van der Waals surface area (Å²) in [5.74, 6) is 0.839. The zero-order valence-electron chi connectivity index (χ0n) is 13.8. The van der Waals surface area contributed by atoms with E-state index in [1.165, 1.54) is 5.56 Å². The van der Waals surface area contributed by atoms with Gasteiger partial charge < -0.3 is 9.88 Å². The molecular weight excluding hydrogens is 288 g/mol. The predicted molar refractivity (Wildman–Crippen MR) is 90.2 cm³/mol. The molecule has 2 aromatic rings. The molecule has 122 valence electrons. The molecule has 1 amide bonds. The van der Waals surface area contributed by atoms with Crippen molar-refractivity contribution in [3.8, 4) is 0 Å². The molecule has 1 aliphatic rings. The molecule has 1 aromatic heterocycles. The Morgan fingerprint density at radius 2 is 2.09 bits per heavy atom. The van der Waals surface area contributed by atoms with Crippen molar-refractivity contribution in [2.45, 2.75) is 32.9 Å². The number of aromatic nitrogens is 2. The van der Waals surface area contributed by atoms with Gasteiger partial charge in [-0.2, -0.15) is 0 Å². The number of aromatic amines is 1. The minimum atomic E-state index is 0.0587. The minimum Gasteiger partial charge on any atom is -0.338 e. The van der Waals surface area contributed by atoms with E-state index in [4.69, 9.17) is 0 Å². The Morgan fingerprint density at radius 3 is 2.74 bits per heavy atom. The summed E-state index contributed by atoms with van der Waals surface area (Å²) in [6.07, 6.45) is 2.67. The zero-order valence-corrected chi connectivity index (χ0v) is 13.8. The van der Waals surface area contributed by atoms with Gasteiger partial charge in [-0.05, 0) is 18.9 Å². The maximum absolute atomic E-state index is 12.6. The first-order valence-corrected chi connectivity index (χ1v) is 8.26. The lowest BCUT2D eigenvalue weighted by Crippen LogP contribution is -2.54. The van der Waals surface area contributed by atoms with Crippen LogP contribution in [-0.2, 0) is 6.54 Å². The molecule has 0 saturated carbocycles. The molecule has 1 N–H and O–H groups in total. The fourth-order valence-electron chi connectivity index (χ4n) is 3.19. The molecule has 0 radical (unpaired) electrons. The lowest BCUT2D eigenvalue weighted by atomic mass is 10.1. The van der Waals surface area contributed by atoms with Gasteiger partial charge in [0.15, 0.2) is 0 Å². The van der Waals surface area contributed by atoms with Crippen LogP contribution in [0.15, 0.2) is 36.5 Å². The summed E-state index contributed by atoms with van der Waals surface area (Å²) < 4.78 is 0. The third-order valence-electron chi connectivity index (χ3n) is 4.52. The van der Waals surface area contributed by atoms with Gasteiger partial charge >= 0.3 is 0 Å². The van der Waals surface area contributed by atoms with E-state index in [9.17, 15) is 4.79 Å². The third kappa shape index (κ3) is 3.62. The van der Waals surface area contributed by atoms with Crippen molar-refractivity contribution in [2.75, 3.05) is 19.6 Å². The fourth-order valence-corrected chi connectivity index (χ4v) is 3.19. The fraction of sp³-hybridized carbons (Fsp3) is 0.444. The van der Waals surface area contributed by atoms with E-state index in [2.05, 4.69) is 46.1 Å². The molecule has 1 aromatic carbocycles. The van der Waals surface area contributed by atoms with Crippen LogP contribution in [-0.4, -0.2) is 51.4 Å². The number of hydrogen-bond donors (Lipinski definition) is 1. The van der Waals surface area contributed by atoms with Crippen molar-refractivity contribution in [3.05, 3.63) is 53.6 Å². The molecule has 23 heavy (non-hydrogen) atoms. The molecule has 0 aliphatic carbocycles. The first kappa shape index (κ1) is 15.7. The molecule has 1 atom stereocenters. The predicted octanol–water partition coefficient (Wildman–Crippen LogP) is 2.45. The first-order valence-electron chi connectivity index (χ1n) is 8.26. The van der Waals surface area contributed by atoms with Crippen molar-refractivity contribution >= 4 is 5.91 Å². The number of hydrogen-bond acceptors (Lipinski definition) is 3. The largest absolute Gasteiger partial charge is 0.338 e. The Bertz CT molecular complexity index is 652. The van der Waals surface area contributed by atoms with Crippen LogP contribution in [0, 0.1) is 6.92 Å². The highest BCUT2D eigenvalue weighted by Gasteiger charge is 2.29. The van der Waals surface area contributed by atoms with Crippen molar-refractivity contribution in [3.63, 3.8) is 0 Å². The van der Waals surface area contributed by atoms with E-state index in [1.54, 1.807) is 6.20 Å². The number of carbonyl (C=O) groups excluding carboxylic acids is 1. The summed E-state index contributed by atoms with van der Waals surface area (Å²) >= 11 is 0. The molecule has 1 saturated heterocycles. The van der Waals surface area contributed by atoms with E-state index in [0.717, 1.165) is 38.4 Å². The van der Waals surface area contributed by atoms with Crippen molar-refractivity contribution in [1.29, 1.82) is 0 Å². The van der Waals surface area contributed by atoms with E-state index in [-0.39, 0.29) is 5.91 Å². The molecule has 1 unspecified atom stereocenters. The number of benzene rings is 1. The summed E-state index contributed by atoms with van der Waals surface area (Å²) in [6.45, 7) is 7.46. The second kappa shape index (κ2) is 6.96. The Hall–Kier alpha value is -2.14. The Morgan fingerprint density at radius 1 is 1.30 bits per heavy atom. The molecular formula is C18H24N4O. The first-order chi connectivity index (χ1) is 11.2.